The quantitative estimate of drug-likeness (QED) is 0.0261. The Morgan fingerprint density at radius 2 is 0.528 bits per heavy atom. The van der Waals surface area contributed by atoms with E-state index < -0.39 is 6.10 Å². The molecule has 0 aromatic carbocycles. The minimum absolute atomic E-state index is 0.0766. The Hall–Kier alpha value is -2.89. The second kappa shape index (κ2) is 60.7. The molecule has 6 heteroatoms. The van der Waals surface area contributed by atoms with Gasteiger partial charge < -0.3 is 14.2 Å². The normalized spacial score (nSPS) is 12.4. The van der Waals surface area contributed by atoms with Crippen molar-refractivity contribution in [2.75, 3.05) is 13.2 Å². The Labute approximate surface area is 447 Å². The lowest BCUT2D eigenvalue weighted by atomic mass is 10.0. The zero-order valence-corrected chi connectivity index (χ0v) is 47.9. The van der Waals surface area contributed by atoms with Crippen molar-refractivity contribution < 1.29 is 28.6 Å². The third kappa shape index (κ3) is 58.0. The van der Waals surface area contributed by atoms with Crippen LogP contribution in [-0.4, -0.2) is 37.2 Å². The molecular formula is C66H118O6. The highest BCUT2D eigenvalue weighted by Gasteiger charge is 2.19. The first-order valence-corrected chi connectivity index (χ1v) is 31.3. The molecule has 0 rings (SSSR count). The van der Waals surface area contributed by atoms with Crippen molar-refractivity contribution in [1.29, 1.82) is 0 Å². The molecule has 0 fully saturated rings. The molecule has 0 aromatic rings. The highest BCUT2D eigenvalue weighted by molar-refractivity contribution is 5.71. The Bertz CT molecular complexity index is 1290. The molecule has 1 unspecified atom stereocenters. The first-order chi connectivity index (χ1) is 35.5. The minimum Gasteiger partial charge on any atom is -0.462 e. The van der Waals surface area contributed by atoms with Crippen molar-refractivity contribution in [1.82, 2.24) is 0 Å². The summed E-state index contributed by atoms with van der Waals surface area (Å²) in [6.07, 6.45) is 76.5. The van der Waals surface area contributed by atoms with Gasteiger partial charge in [0.05, 0.1) is 0 Å². The fourth-order valence-corrected chi connectivity index (χ4v) is 9.02. The van der Waals surface area contributed by atoms with Crippen LogP contribution in [0.5, 0.6) is 0 Å². The molecule has 0 bridgehead atoms. The van der Waals surface area contributed by atoms with Crippen LogP contribution in [-0.2, 0) is 28.6 Å². The van der Waals surface area contributed by atoms with Gasteiger partial charge in [0, 0.05) is 19.3 Å². The van der Waals surface area contributed by atoms with E-state index >= 15 is 0 Å². The number of allylic oxidation sites excluding steroid dienone is 10. The maximum Gasteiger partial charge on any atom is 0.306 e. The van der Waals surface area contributed by atoms with Crippen molar-refractivity contribution in [2.24, 2.45) is 0 Å². The topological polar surface area (TPSA) is 78.9 Å². The van der Waals surface area contributed by atoms with Gasteiger partial charge in [-0.1, -0.05) is 281 Å². The zero-order valence-electron chi connectivity index (χ0n) is 47.9. The summed E-state index contributed by atoms with van der Waals surface area (Å²) in [7, 11) is 0. The molecule has 0 radical (unpaired) electrons. The molecule has 0 N–H and O–H groups in total. The van der Waals surface area contributed by atoms with E-state index in [1.807, 2.05) is 0 Å². The molecule has 0 aromatic heterocycles. The van der Waals surface area contributed by atoms with Gasteiger partial charge in [0.25, 0.3) is 0 Å². The SMILES string of the molecule is CCC/C=C\C/C=C\CCCCCCCC(=O)OCC(COC(=O)CCCCCCCCCCCCCC/C=C\C/C=C\C/C=C\CCCCCCC)OC(=O)CCCCCCCCCCCCCCCC. The molecule has 0 aliphatic carbocycles. The summed E-state index contributed by atoms with van der Waals surface area (Å²) in [5, 5.41) is 0. The van der Waals surface area contributed by atoms with Crippen LogP contribution in [0.25, 0.3) is 0 Å². The number of hydrogen-bond donors (Lipinski definition) is 0. The van der Waals surface area contributed by atoms with Crippen LogP contribution in [0.3, 0.4) is 0 Å². The van der Waals surface area contributed by atoms with Gasteiger partial charge in [-0.2, -0.15) is 0 Å². The molecule has 0 heterocycles. The number of hydrogen-bond acceptors (Lipinski definition) is 6. The molecule has 0 aliphatic heterocycles. The van der Waals surface area contributed by atoms with Gasteiger partial charge in [0.2, 0.25) is 0 Å². The molecule has 0 amide bonds. The monoisotopic (exact) mass is 1010 g/mol. The lowest BCUT2D eigenvalue weighted by Crippen LogP contribution is -2.30. The van der Waals surface area contributed by atoms with Crippen molar-refractivity contribution in [3.8, 4) is 0 Å². The summed E-state index contributed by atoms with van der Waals surface area (Å²) in [6, 6.07) is 0. The maximum absolute atomic E-state index is 12.9. The summed E-state index contributed by atoms with van der Waals surface area (Å²) in [5.41, 5.74) is 0. The van der Waals surface area contributed by atoms with E-state index in [1.165, 1.54) is 186 Å². The standard InChI is InChI=1S/C66H118O6/c1-4-7-10-13-16-19-22-25-27-28-29-30-31-32-33-34-35-36-37-38-39-42-44-47-50-53-56-59-65(68)71-62-63(61-70-64(67)58-55-52-49-46-43-40-24-21-18-15-12-9-6-3)72-66(69)60-57-54-51-48-45-41-26-23-20-17-14-11-8-5-2/h12,15,21-22,24-25,28-29,31-32,63H,4-11,13-14,16-20,23,26-27,30,33-62H2,1-3H3/b15-12-,24-21-,25-22-,29-28-,32-31-. The number of unbranched alkanes of at least 4 members (excludes halogenated alkanes) is 36. The highest BCUT2D eigenvalue weighted by Crippen LogP contribution is 2.17. The van der Waals surface area contributed by atoms with Gasteiger partial charge >= 0.3 is 17.9 Å². The molecule has 1 atom stereocenters. The number of ether oxygens (including phenoxy) is 3. The smallest absolute Gasteiger partial charge is 0.306 e. The van der Waals surface area contributed by atoms with Gasteiger partial charge in [0.15, 0.2) is 6.10 Å². The average Bonchev–Trinajstić information content (AvgIpc) is 3.38. The van der Waals surface area contributed by atoms with Crippen LogP contribution in [0.1, 0.15) is 323 Å². The van der Waals surface area contributed by atoms with Crippen molar-refractivity contribution >= 4 is 17.9 Å². The molecular weight excluding hydrogens is 889 g/mol. The summed E-state index contributed by atoms with van der Waals surface area (Å²) >= 11 is 0. The molecule has 0 saturated heterocycles. The first-order valence-electron chi connectivity index (χ1n) is 31.3. The van der Waals surface area contributed by atoms with Gasteiger partial charge in [-0.25, -0.2) is 0 Å². The molecule has 0 spiro atoms. The number of carbonyl (C=O) groups is 3. The second-order valence-corrected chi connectivity index (χ2v) is 21.0. The van der Waals surface area contributed by atoms with Gasteiger partial charge in [-0.05, 0) is 83.5 Å². The summed E-state index contributed by atoms with van der Waals surface area (Å²) in [5.74, 6) is -0.878. The van der Waals surface area contributed by atoms with Crippen molar-refractivity contribution in [2.45, 2.75) is 329 Å². The Morgan fingerprint density at radius 1 is 0.278 bits per heavy atom. The molecule has 418 valence electrons. The second-order valence-electron chi connectivity index (χ2n) is 21.0. The third-order valence-corrected chi connectivity index (χ3v) is 13.7. The van der Waals surface area contributed by atoms with Crippen LogP contribution in [0.15, 0.2) is 60.8 Å². The van der Waals surface area contributed by atoms with Crippen LogP contribution in [0, 0.1) is 0 Å². The number of esters is 3. The van der Waals surface area contributed by atoms with Crippen LogP contribution in [0.4, 0.5) is 0 Å². The predicted octanol–water partition coefficient (Wildman–Crippen LogP) is 21.2. The Balaban J connectivity index is 4.23. The lowest BCUT2D eigenvalue weighted by molar-refractivity contribution is -0.167. The zero-order chi connectivity index (χ0) is 52.2. The van der Waals surface area contributed by atoms with Gasteiger partial charge in [0.1, 0.15) is 13.2 Å². The molecule has 0 aliphatic rings. The van der Waals surface area contributed by atoms with Crippen LogP contribution in [0.2, 0.25) is 0 Å². The van der Waals surface area contributed by atoms with Crippen LogP contribution < -0.4 is 0 Å². The lowest BCUT2D eigenvalue weighted by Gasteiger charge is -2.18. The fourth-order valence-electron chi connectivity index (χ4n) is 9.02. The highest BCUT2D eigenvalue weighted by atomic mass is 16.6. The van der Waals surface area contributed by atoms with E-state index in [1.54, 1.807) is 0 Å². The van der Waals surface area contributed by atoms with Crippen LogP contribution >= 0.6 is 0 Å². The van der Waals surface area contributed by atoms with E-state index in [-0.39, 0.29) is 31.1 Å². The maximum atomic E-state index is 12.9. The predicted molar refractivity (Wildman–Crippen MR) is 312 cm³/mol. The fraction of sp³-hybridized carbons (Fsp3) is 0.803. The summed E-state index contributed by atoms with van der Waals surface area (Å²) in [4.78, 5) is 38.2. The van der Waals surface area contributed by atoms with E-state index in [9.17, 15) is 14.4 Å². The van der Waals surface area contributed by atoms with E-state index in [2.05, 4.69) is 81.5 Å². The first kappa shape index (κ1) is 69.1. The molecule has 0 saturated carbocycles. The van der Waals surface area contributed by atoms with Crippen molar-refractivity contribution in [3.05, 3.63) is 60.8 Å². The largest absolute Gasteiger partial charge is 0.462 e. The Morgan fingerprint density at radius 3 is 0.833 bits per heavy atom. The van der Waals surface area contributed by atoms with E-state index in [0.29, 0.717) is 19.3 Å². The number of rotatable bonds is 57. The average molecular weight is 1010 g/mol. The third-order valence-electron chi connectivity index (χ3n) is 13.7. The van der Waals surface area contributed by atoms with E-state index in [4.69, 9.17) is 14.2 Å². The Kier molecular flexibility index (Phi) is 58.2. The van der Waals surface area contributed by atoms with E-state index in [0.717, 1.165) is 96.3 Å². The minimum atomic E-state index is -0.778. The summed E-state index contributed by atoms with van der Waals surface area (Å²) in [6.45, 7) is 6.59. The van der Waals surface area contributed by atoms with Crippen molar-refractivity contribution in [3.63, 3.8) is 0 Å². The molecule has 6 nitrogen and oxygen atoms in total. The van der Waals surface area contributed by atoms with Gasteiger partial charge in [-0.15, -0.1) is 0 Å². The van der Waals surface area contributed by atoms with Gasteiger partial charge in [-0.3, -0.25) is 14.4 Å². The molecule has 72 heavy (non-hydrogen) atoms. The number of carbonyl (C=O) groups excluding carboxylic acids is 3. The summed E-state index contributed by atoms with van der Waals surface area (Å²) < 4.78 is 16.9.